The fraction of sp³-hybridized carbons (Fsp3) is 0.238. The van der Waals surface area contributed by atoms with Crippen molar-refractivity contribution in [1.82, 2.24) is 29.0 Å². The molecule has 4 aromatic rings. The molecule has 0 fully saturated rings. The summed E-state index contributed by atoms with van der Waals surface area (Å²) in [6, 6.07) is 7.60. The van der Waals surface area contributed by atoms with Gasteiger partial charge >= 0.3 is 5.69 Å². The molecule has 0 bridgehead atoms. The molecule has 33 heavy (non-hydrogen) atoms. The number of fused-ring (bicyclic) bond motifs is 1. The fourth-order valence-electron chi connectivity index (χ4n) is 3.31. The van der Waals surface area contributed by atoms with Crippen LogP contribution in [0.3, 0.4) is 0 Å². The number of carbonyl (C=O) groups excluding carboxylic acids is 2. The highest BCUT2D eigenvalue weighted by Gasteiger charge is 2.16. The minimum absolute atomic E-state index is 0.0907. The Labute approximate surface area is 191 Å². The lowest BCUT2D eigenvalue weighted by Gasteiger charge is -2.06. The van der Waals surface area contributed by atoms with Gasteiger partial charge in [0.1, 0.15) is 6.54 Å². The molecule has 0 spiro atoms. The van der Waals surface area contributed by atoms with Gasteiger partial charge in [-0.05, 0) is 5.56 Å². The average molecular weight is 468 g/mol. The zero-order valence-electron chi connectivity index (χ0n) is 18.2. The first-order valence-electron chi connectivity index (χ1n) is 9.94. The maximum atomic E-state index is 12.6. The van der Waals surface area contributed by atoms with Gasteiger partial charge in [0.2, 0.25) is 11.8 Å². The minimum atomic E-state index is -0.517. The maximum absolute atomic E-state index is 12.6. The van der Waals surface area contributed by atoms with Gasteiger partial charge in [-0.25, -0.2) is 14.8 Å². The SMILES string of the molecule is CC(=O)NCc1ccc(-c2csc(NC(=O)Cn3cnc4c3c(=O)n(C)c(=O)n4C)n2)cc1. The molecule has 0 saturated heterocycles. The molecular weight excluding hydrogens is 446 g/mol. The van der Waals surface area contributed by atoms with Crippen LogP contribution in [0.25, 0.3) is 22.4 Å². The van der Waals surface area contributed by atoms with E-state index < -0.39 is 11.2 Å². The van der Waals surface area contributed by atoms with Crippen LogP contribution in [0.1, 0.15) is 12.5 Å². The zero-order valence-corrected chi connectivity index (χ0v) is 19.0. The van der Waals surface area contributed by atoms with Crippen molar-refractivity contribution in [2.45, 2.75) is 20.0 Å². The van der Waals surface area contributed by atoms with Gasteiger partial charge in [0.25, 0.3) is 5.56 Å². The largest absolute Gasteiger partial charge is 0.352 e. The summed E-state index contributed by atoms with van der Waals surface area (Å²) >= 11 is 1.28. The first kappa shape index (κ1) is 22.1. The standard InChI is InChI=1S/C21H21N7O4S/c1-12(29)22-8-13-4-6-14(7-5-13)15-10-33-20(24-15)25-16(30)9-28-11-23-18-17(28)19(31)27(3)21(32)26(18)2/h4-7,10-11H,8-9H2,1-3H3,(H,22,29)(H,24,25,30). The van der Waals surface area contributed by atoms with Crippen molar-refractivity contribution in [3.8, 4) is 11.3 Å². The van der Waals surface area contributed by atoms with Gasteiger partial charge < -0.3 is 15.2 Å². The third-order valence-electron chi connectivity index (χ3n) is 5.07. The van der Waals surface area contributed by atoms with E-state index in [2.05, 4.69) is 20.6 Å². The van der Waals surface area contributed by atoms with Crippen molar-refractivity contribution in [1.29, 1.82) is 0 Å². The van der Waals surface area contributed by atoms with Crippen LogP contribution in [-0.4, -0.2) is 35.5 Å². The summed E-state index contributed by atoms with van der Waals surface area (Å²) in [7, 11) is 2.90. The Kier molecular flexibility index (Phi) is 5.92. The summed E-state index contributed by atoms with van der Waals surface area (Å²) in [5.74, 6) is -0.469. The third-order valence-corrected chi connectivity index (χ3v) is 5.83. The molecule has 0 atom stereocenters. The van der Waals surface area contributed by atoms with E-state index in [4.69, 9.17) is 0 Å². The van der Waals surface area contributed by atoms with Crippen LogP contribution in [0.2, 0.25) is 0 Å². The van der Waals surface area contributed by atoms with E-state index in [9.17, 15) is 19.2 Å². The molecule has 4 rings (SSSR count). The van der Waals surface area contributed by atoms with Crippen LogP contribution in [0.4, 0.5) is 5.13 Å². The number of hydrogen-bond acceptors (Lipinski definition) is 7. The molecule has 170 valence electrons. The fourth-order valence-corrected chi connectivity index (χ4v) is 4.05. The molecule has 11 nitrogen and oxygen atoms in total. The van der Waals surface area contributed by atoms with Crippen molar-refractivity contribution in [3.05, 3.63) is 62.4 Å². The summed E-state index contributed by atoms with van der Waals surface area (Å²) in [6.07, 6.45) is 1.36. The quantitative estimate of drug-likeness (QED) is 0.432. The predicted octanol–water partition coefficient (Wildman–Crippen LogP) is 0.832. The summed E-state index contributed by atoms with van der Waals surface area (Å²) in [5.41, 5.74) is 1.94. The smallest absolute Gasteiger partial charge is 0.332 e. The van der Waals surface area contributed by atoms with E-state index in [1.54, 1.807) is 0 Å². The lowest BCUT2D eigenvalue weighted by Crippen LogP contribution is -2.37. The van der Waals surface area contributed by atoms with E-state index >= 15 is 0 Å². The maximum Gasteiger partial charge on any atom is 0.332 e. The minimum Gasteiger partial charge on any atom is -0.352 e. The Balaban J connectivity index is 1.47. The monoisotopic (exact) mass is 467 g/mol. The predicted molar refractivity (Wildman–Crippen MR) is 124 cm³/mol. The molecule has 12 heteroatoms. The molecule has 0 aliphatic rings. The van der Waals surface area contributed by atoms with Crippen molar-refractivity contribution >= 4 is 39.4 Å². The molecule has 3 aromatic heterocycles. The number of nitrogens with one attached hydrogen (secondary N) is 2. The molecule has 1 aromatic carbocycles. The zero-order chi connectivity index (χ0) is 23.7. The van der Waals surface area contributed by atoms with Gasteiger partial charge in [-0.3, -0.25) is 23.5 Å². The second-order valence-electron chi connectivity index (χ2n) is 7.44. The molecule has 3 heterocycles. The molecule has 0 aliphatic carbocycles. The first-order chi connectivity index (χ1) is 15.7. The van der Waals surface area contributed by atoms with E-state index in [-0.39, 0.29) is 29.5 Å². The third kappa shape index (κ3) is 4.46. The van der Waals surface area contributed by atoms with Gasteiger partial charge in [0, 0.05) is 38.5 Å². The number of amides is 2. The highest BCUT2D eigenvalue weighted by Crippen LogP contribution is 2.25. The Morgan fingerprint density at radius 3 is 2.52 bits per heavy atom. The topological polar surface area (TPSA) is 133 Å². The van der Waals surface area contributed by atoms with Gasteiger partial charge in [0.15, 0.2) is 16.3 Å². The highest BCUT2D eigenvalue weighted by molar-refractivity contribution is 7.14. The average Bonchev–Trinajstić information content (AvgIpc) is 3.42. The Hall–Kier alpha value is -4.06. The van der Waals surface area contributed by atoms with Crippen LogP contribution in [-0.2, 0) is 36.8 Å². The Bertz CT molecular complexity index is 1480. The number of carbonyl (C=O) groups is 2. The van der Waals surface area contributed by atoms with Crippen molar-refractivity contribution in [2.24, 2.45) is 14.1 Å². The van der Waals surface area contributed by atoms with Crippen LogP contribution in [0.5, 0.6) is 0 Å². The van der Waals surface area contributed by atoms with Crippen molar-refractivity contribution in [3.63, 3.8) is 0 Å². The van der Waals surface area contributed by atoms with E-state index in [1.807, 2.05) is 29.6 Å². The number of thiazole rings is 1. The van der Waals surface area contributed by atoms with Crippen molar-refractivity contribution < 1.29 is 9.59 Å². The molecule has 0 unspecified atom stereocenters. The number of nitrogens with zero attached hydrogens (tertiary/aromatic N) is 5. The lowest BCUT2D eigenvalue weighted by molar-refractivity contribution is -0.119. The second kappa shape index (κ2) is 8.82. The first-order valence-corrected chi connectivity index (χ1v) is 10.8. The summed E-state index contributed by atoms with van der Waals surface area (Å²) in [6.45, 7) is 1.77. The molecule has 2 N–H and O–H groups in total. The Morgan fingerprint density at radius 2 is 1.82 bits per heavy atom. The second-order valence-corrected chi connectivity index (χ2v) is 8.30. The van der Waals surface area contributed by atoms with Crippen LogP contribution in [0.15, 0.2) is 45.6 Å². The summed E-state index contributed by atoms with van der Waals surface area (Å²) < 4.78 is 3.65. The number of aryl methyl sites for hydroxylation is 1. The van der Waals surface area contributed by atoms with E-state index in [0.717, 1.165) is 15.7 Å². The van der Waals surface area contributed by atoms with Gasteiger partial charge in [-0.15, -0.1) is 11.3 Å². The number of aromatic nitrogens is 5. The number of hydrogen-bond donors (Lipinski definition) is 2. The van der Waals surface area contributed by atoms with E-state index in [0.29, 0.717) is 17.4 Å². The van der Waals surface area contributed by atoms with Gasteiger partial charge in [0.05, 0.1) is 12.0 Å². The van der Waals surface area contributed by atoms with Crippen LogP contribution >= 0.6 is 11.3 Å². The van der Waals surface area contributed by atoms with Crippen LogP contribution in [0, 0.1) is 0 Å². The lowest BCUT2D eigenvalue weighted by atomic mass is 10.1. The number of benzene rings is 1. The Morgan fingerprint density at radius 1 is 1.09 bits per heavy atom. The molecule has 0 radical (unpaired) electrons. The number of anilines is 1. The van der Waals surface area contributed by atoms with E-state index in [1.165, 1.54) is 47.8 Å². The summed E-state index contributed by atoms with van der Waals surface area (Å²) in [5, 5.41) is 7.73. The van der Waals surface area contributed by atoms with Gasteiger partial charge in [-0.2, -0.15) is 0 Å². The van der Waals surface area contributed by atoms with Crippen LogP contribution < -0.4 is 21.9 Å². The molecule has 0 aliphatic heterocycles. The molecule has 2 amide bonds. The number of imidazole rings is 1. The molecule has 0 saturated carbocycles. The number of rotatable bonds is 6. The van der Waals surface area contributed by atoms with Crippen molar-refractivity contribution in [2.75, 3.05) is 5.32 Å². The summed E-state index contributed by atoms with van der Waals surface area (Å²) in [4.78, 5) is 56.7. The molecular formula is C21H21N7O4S. The normalized spacial score (nSPS) is 11.0. The highest BCUT2D eigenvalue weighted by atomic mass is 32.1. The van der Waals surface area contributed by atoms with Gasteiger partial charge in [-0.1, -0.05) is 24.3 Å².